The van der Waals surface area contributed by atoms with Crippen molar-refractivity contribution in [2.45, 2.75) is 111 Å². The lowest BCUT2D eigenvalue weighted by Gasteiger charge is -2.33. The second kappa shape index (κ2) is 8.69. The number of rotatable bonds is 5. The molecule has 1 aliphatic carbocycles. The molecular weight excluding hydrogens is 390 g/mol. The summed E-state index contributed by atoms with van der Waals surface area (Å²) in [7, 11) is 0. The second-order valence-electron chi connectivity index (χ2n) is 11.3. The molecule has 2 aromatic carbocycles. The molecule has 0 aromatic heterocycles. The van der Waals surface area contributed by atoms with Crippen molar-refractivity contribution in [2.75, 3.05) is 0 Å². The number of carbonyl (C=O) groups is 1. The summed E-state index contributed by atoms with van der Waals surface area (Å²) in [6.07, 6.45) is 3.49. The van der Waals surface area contributed by atoms with Crippen LogP contribution in [0.15, 0.2) is 18.2 Å². The van der Waals surface area contributed by atoms with Gasteiger partial charge >= 0.3 is 0 Å². The fourth-order valence-electron chi connectivity index (χ4n) is 6.26. The van der Waals surface area contributed by atoms with E-state index in [1.807, 2.05) is 0 Å². The standard InChI is InChI=1S/C30H41NO/c1-16(2)21-11-12-22(17(3)4)26-13-20(9-10-23(21)26)25-14-24(18(5)6)29-27(15-31-30(29)32)28(25)19(7)8/h11-12,14,16-20H,9-10,13,15H2,1-8H3,(H,31,32). The van der Waals surface area contributed by atoms with Crippen LogP contribution in [0.5, 0.6) is 0 Å². The quantitative estimate of drug-likeness (QED) is 0.516. The van der Waals surface area contributed by atoms with E-state index in [9.17, 15) is 4.79 Å². The number of benzene rings is 2. The molecule has 1 atom stereocenters. The summed E-state index contributed by atoms with van der Waals surface area (Å²) in [5.41, 5.74) is 12.7. The highest BCUT2D eigenvalue weighted by Crippen LogP contribution is 2.44. The fourth-order valence-corrected chi connectivity index (χ4v) is 6.26. The molecular formula is C30H41NO. The zero-order valence-corrected chi connectivity index (χ0v) is 21.4. The third-order valence-corrected chi connectivity index (χ3v) is 7.77. The minimum atomic E-state index is 0.120. The minimum absolute atomic E-state index is 0.120. The lowest BCUT2D eigenvalue weighted by molar-refractivity contribution is 0.0964. The summed E-state index contributed by atoms with van der Waals surface area (Å²) in [6.45, 7) is 19.0. The van der Waals surface area contributed by atoms with E-state index in [0.717, 1.165) is 18.4 Å². The van der Waals surface area contributed by atoms with Gasteiger partial charge in [-0.05, 0) is 93.4 Å². The van der Waals surface area contributed by atoms with Crippen molar-refractivity contribution in [3.8, 4) is 0 Å². The summed E-state index contributed by atoms with van der Waals surface area (Å²) in [5.74, 6) is 2.52. The van der Waals surface area contributed by atoms with Crippen molar-refractivity contribution in [3.63, 3.8) is 0 Å². The van der Waals surface area contributed by atoms with Crippen LogP contribution in [0.2, 0.25) is 0 Å². The van der Waals surface area contributed by atoms with E-state index in [4.69, 9.17) is 0 Å². The van der Waals surface area contributed by atoms with Crippen molar-refractivity contribution in [2.24, 2.45) is 0 Å². The summed E-state index contributed by atoms with van der Waals surface area (Å²) in [5, 5.41) is 3.13. The molecule has 0 fully saturated rings. The van der Waals surface area contributed by atoms with Gasteiger partial charge in [-0.2, -0.15) is 0 Å². The number of carbonyl (C=O) groups excluding carboxylic acids is 1. The molecule has 1 unspecified atom stereocenters. The van der Waals surface area contributed by atoms with Crippen LogP contribution in [-0.2, 0) is 19.4 Å². The molecule has 1 N–H and O–H groups in total. The highest BCUT2D eigenvalue weighted by Gasteiger charge is 2.33. The van der Waals surface area contributed by atoms with Gasteiger partial charge in [-0.15, -0.1) is 0 Å². The van der Waals surface area contributed by atoms with Gasteiger partial charge < -0.3 is 5.32 Å². The van der Waals surface area contributed by atoms with Crippen LogP contribution >= 0.6 is 0 Å². The van der Waals surface area contributed by atoms with Gasteiger partial charge in [0.15, 0.2) is 0 Å². The topological polar surface area (TPSA) is 29.1 Å². The highest BCUT2D eigenvalue weighted by atomic mass is 16.1. The van der Waals surface area contributed by atoms with Gasteiger partial charge in [0.2, 0.25) is 0 Å². The summed E-state index contributed by atoms with van der Waals surface area (Å²) in [4.78, 5) is 12.7. The molecule has 0 spiro atoms. The van der Waals surface area contributed by atoms with E-state index in [-0.39, 0.29) is 5.91 Å². The Hall–Kier alpha value is -2.09. The third-order valence-electron chi connectivity index (χ3n) is 7.77. The van der Waals surface area contributed by atoms with Crippen LogP contribution < -0.4 is 5.32 Å². The van der Waals surface area contributed by atoms with E-state index >= 15 is 0 Å². The van der Waals surface area contributed by atoms with Gasteiger partial charge in [0.05, 0.1) is 0 Å². The predicted octanol–water partition coefficient (Wildman–Crippen LogP) is 7.70. The van der Waals surface area contributed by atoms with Crippen molar-refractivity contribution in [1.29, 1.82) is 0 Å². The smallest absolute Gasteiger partial charge is 0.252 e. The van der Waals surface area contributed by atoms with Gasteiger partial charge in [0.25, 0.3) is 5.91 Å². The van der Waals surface area contributed by atoms with Gasteiger partial charge in [-0.1, -0.05) is 73.6 Å². The Kier molecular flexibility index (Phi) is 6.27. The first kappa shape index (κ1) is 23.1. The largest absolute Gasteiger partial charge is 0.348 e. The lowest BCUT2D eigenvalue weighted by Crippen LogP contribution is -2.20. The SMILES string of the molecule is CC(C)c1ccc(C(C)C)c2c1CCC(c1cc(C(C)C)c3c(c1C(C)C)CNC3=O)C2. The maximum Gasteiger partial charge on any atom is 0.252 e. The van der Waals surface area contributed by atoms with E-state index in [2.05, 4.69) is 78.9 Å². The molecule has 2 nitrogen and oxygen atoms in total. The van der Waals surface area contributed by atoms with Crippen LogP contribution in [0.4, 0.5) is 0 Å². The van der Waals surface area contributed by atoms with E-state index < -0.39 is 0 Å². The van der Waals surface area contributed by atoms with Gasteiger partial charge in [-0.3, -0.25) is 4.79 Å². The molecule has 0 bridgehead atoms. The van der Waals surface area contributed by atoms with E-state index in [1.165, 1.54) is 34.2 Å². The molecule has 4 rings (SSSR count). The molecule has 2 heteroatoms. The number of hydrogen-bond acceptors (Lipinski definition) is 1. The van der Waals surface area contributed by atoms with Gasteiger partial charge in [0.1, 0.15) is 0 Å². The molecule has 0 radical (unpaired) electrons. The Morgan fingerprint density at radius 2 is 1.38 bits per heavy atom. The van der Waals surface area contributed by atoms with Gasteiger partial charge in [-0.25, -0.2) is 0 Å². The Labute approximate surface area is 195 Å². The Morgan fingerprint density at radius 3 is 1.94 bits per heavy atom. The highest BCUT2D eigenvalue weighted by molar-refractivity contribution is 6.00. The van der Waals surface area contributed by atoms with Crippen molar-refractivity contribution in [1.82, 2.24) is 5.32 Å². The van der Waals surface area contributed by atoms with Crippen LogP contribution in [0.25, 0.3) is 0 Å². The molecule has 1 heterocycles. The van der Waals surface area contributed by atoms with Crippen LogP contribution in [0, 0.1) is 0 Å². The second-order valence-corrected chi connectivity index (χ2v) is 11.3. The normalized spacial score (nSPS) is 18.0. The van der Waals surface area contributed by atoms with Crippen LogP contribution in [0.3, 0.4) is 0 Å². The molecule has 2 aromatic rings. The van der Waals surface area contributed by atoms with Crippen LogP contribution in [-0.4, -0.2) is 5.91 Å². The summed E-state index contributed by atoms with van der Waals surface area (Å²) >= 11 is 0. The molecule has 0 saturated heterocycles. The first-order chi connectivity index (χ1) is 15.1. The maximum absolute atomic E-state index is 12.7. The predicted molar refractivity (Wildman–Crippen MR) is 135 cm³/mol. The molecule has 0 saturated carbocycles. The maximum atomic E-state index is 12.7. The molecule has 32 heavy (non-hydrogen) atoms. The summed E-state index contributed by atoms with van der Waals surface area (Å²) < 4.78 is 0. The van der Waals surface area contributed by atoms with Gasteiger partial charge in [0, 0.05) is 12.1 Å². The monoisotopic (exact) mass is 431 g/mol. The number of nitrogens with one attached hydrogen (secondary N) is 1. The zero-order valence-electron chi connectivity index (χ0n) is 21.4. The lowest BCUT2D eigenvalue weighted by atomic mass is 9.71. The minimum Gasteiger partial charge on any atom is -0.348 e. The van der Waals surface area contributed by atoms with Crippen molar-refractivity contribution in [3.05, 3.63) is 68.3 Å². The Balaban J connectivity index is 1.88. The average molecular weight is 432 g/mol. The number of hydrogen-bond donors (Lipinski definition) is 1. The number of fused-ring (bicyclic) bond motifs is 2. The third kappa shape index (κ3) is 3.80. The van der Waals surface area contributed by atoms with E-state index in [1.54, 1.807) is 16.7 Å². The first-order valence-electron chi connectivity index (χ1n) is 12.7. The van der Waals surface area contributed by atoms with Crippen molar-refractivity contribution >= 4 is 5.91 Å². The van der Waals surface area contributed by atoms with Crippen molar-refractivity contribution < 1.29 is 4.79 Å². The van der Waals surface area contributed by atoms with E-state index in [0.29, 0.717) is 36.1 Å². The Bertz CT molecular complexity index is 1040. The molecule has 1 aliphatic heterocycles. The zero-order chi connectivity index (χ0) is 23.3. The average Bonchev–Trinajstić information content (AvgIpc) is 3.12. The first-order valence-corrected chi connectivity index (χ1v) is 12.7. The fraction of sp³-hybridized carbons (Fsp3) is 0.567. The number of amides is 1. The Morgan fingerprint density at radius 1 is 0.781 bits per heavy atom. The molecule has 1 amide bonds. The molecule has 172 valence electrons. The summed E-state index contributed by atoms with van der Waals surface area (Å²) in [6, 6.07) is 7.21. The van der Waals surface area contributed by atoms with Crippen LogP contribution in [0.1, 0.15) is 146 Å². The molecule has 2 aliphatic rings.